The Balaban J connectivity index is 1.73. The molecule has 1 aromatic heterocycles. The van der Waals surface area contributed by atoms with Gasteiger partial charge in [0.15, 0.2) is 0 Å². The summed E-state index contributed by atoms with van der Waals surface area (Å²) in [5.74, 6) is 0.985. The fraction of sp³-hybridized carbons (Fsp3) is 0.750. The Labute approximate surface area is 117 Å². The van der Waals surface area contributed by atoms with Crippen molar-refractivity contribution in [1.82, 2.24) is 15.6 Å². The third-order valence-electron chi connectivity index (χ3n) is 3.08. The molecule has 0 amide bonds. The van der Waals surface area contributed by atoms with Gasteiger partial charge < -0.3 is 15.7 Å². The molecule has 4 nitrogen and oxygen atoms in total. The lowest BCUT2D eigenvalue weighted by molar-refractivity contribution is 0.0168. The molecule has 18 heavy (non-hydrogen) atoms. The summed E-state index contributed by atoms with van der Waals surface area (Å²) >= 11 is 3.51. The Morgan fingerprint density at radius 1 is 1.67 bits per heavy atom. The highest BCUT2D eigenvalue weighted by molar-refractivity contribution is 7.97. The highest BCUT2D eigenvalue weighted by atomic mass is 32.2. The van der Waals surface area contributed by atoms with Crippen molar-refractivity contribution < 1.29 is 5.11 Å². The topological polar surface area (TPSA) is 57.2 Å². The third-order valence-corrected chi connectivity index (χ3v) is 4.72. The summed E-state index contributed by atoms with van der Waals surface area (Å²) in [6, 6.07) is 0. The lowest BCUT2D eigenvalue weighted by atomic mass is 9.94. The Kier molecular flexibility index (Phi) is 5.44. The molecule has 102 valence electrons. The quantitative estimate of drug-likeness (QED) is 0.734. The average Bonchev–Trinajstić information content (AvgIpc) is 2.78. The third kappa shape index (κ3) is 4.20. The number of hydrogen-bond donors (Lipinski definition) is 3. The normalized spacial score (nSPS) is 24.3. The van der Waals surface area contributed by atoms with Gasteiger partial charge in [-0.2, -0.15) is 11.8 Å². The maximum atomic E-state index is 10.3. The van der Waals surface area contributed by atoms with E-state index >= 15 is 0 Å². The molecule has 2 rings (SSSR count). The van der Waals surface area contributed by atoms with Crippen molar-refractivity contribution in [2.45, 2.75) is 30.7 Å². The minimum Gasteiger partial charge on any atom is -0.387 e. The van der Waals surface area contributed by atoms with Crippen LogP contribution in [0.5, 0.6) is 0 Å². The van der Waals surface area contributed by atoms with E-state index in [1.165, 1.54) is 5.01 Å². The van der Waals surface area contributed by atoms with Crippen molar-refractivity contribution in [1.29, 1.82) is 0 Å². The van der Waals surface area contributed by atoms with Gasteiger partial charge in [-0.1, -0.05) is 0 Å². The van der Waals surface area contributed by atoms with E-state index in [1.807, 2.05) is 0 Å². The molecule has 6 heteroatoms. The van der Waals surface area contributed by atoms with Crippen molar-refractivity contribution in [2.24, 2.45) is 0 Å². The monoisotopic (exact) mass is 287 g/mol. The standard InChI is InChI=1S/C12H21N3OS2/c1-17-7-11-15-10(6-18-11)5-14-9-12(16)3-2-4-13-8-12/h6,13-14,16H,2-5,7-9H2,1H3/t12-/m1/s1. The van der Waals surface area contributed by atoms with Gasteiger partial charge in [0.25, 0.3) is 0 Å². The molecule has 0 unspecified atom stereocenters. The van der Waals surface area contributed by atoms with Gasteiger partial charge in [-0.3, -0.25) is 0 Å². The van der Waals surface area contributed by atoms with Crippen LogP contribution in [0, 0.1) is 0 Å². The van der Waals surface area contributed by atoms with E-state index in [1.54, 1.807) is 23.1 Å². The second-order valence-corrected chi connectivity index (χ2v) is 6.58. The van der Waals surface area contributed by atoms with Crippen LogP contribution >= 0.6 is 23.1 Å². The van der Waals surface area contributed by atoms with Crippen LogP contribution in [0.25, 0.3) is 0 Å². The van der Waals surface area contributed by atoms with Crippen LogP contribution in [-0.4, -0.2) is 41.6 Å². The molecule has 0 aliphatic carbocycles. The molecule has 0 radical (unpaired) electrons. The van der Waals surface area contributed by atoms with Gasteiger partial charge in [0.2, 0.25) is 0 Å². The fourth-order valence-corrected chi connectivity index (χ4v) is 3.66. The fourth-order valence-electron chi connectivity index (χ4n) is 2.15. The minimum atomic E-state index is -0.587. The largest absolute Gasteiger partial charge is 0.387 e. The average molecular weight is 287 g/mol. The first-order valence-electron chi connectivity index (χ1n) is 6.28. The van der Waals surface area contributed by atoms with Crippen LogP contribution in [-0.2, 0) is 12.3 Å². The first-order valence-corrected chi connectivity index (χ1v) is 8.55. The second-order valence-electron chi connectivity index (χ2n) is 4.77. The molecule has 0 saturated carbocycles. The van der Waals surface area contributed by atoms with Crippen molar-refractivity contribution in [3.8, 4) is 0 Å². The van der Waals surface area contributed by atoms with Gasteiger partial charge >= 0.3 is 0 Å². The molecule has 1 fully saturated rings. The van der Waals surface area contributed by atoms with E-state index in [0.29, 0.717) is 13.1 Å². The van der Waals surface area contributed by atoms with Crippen molar-refractivity contribution >= 4 is 23.1 Å². The Bertz CT molecular complexity index is 364. The van der Waals surface area contributed by atoms with Gasteiger partial charge in [0, 0.05) is 30.8 Å². The molecule has 3 N–H and O–H groups in total. The number of thioether (sulfide) groups is 1. The number of nitrogens with one attached hydrogen (secondary N) is 2. The van der Waals surface area contributed by atoms with Crippen LogP contribution in [0.3, 0.4) is 0 Å². The van der Waals surface area contributed by atoms with E-state index in [9.17, 15) is 5.11 Å². The predicted molar refractivity (Wildman–Crippen MR) is 78.1 cm³/mol. The molecular formula is C12H21N3OS2. The number of piperidine rings is 1. The molecule has 1 atom stereocenters. The SMILES string of the molecule is CSCc1nc(CNC[C@@]2(O)CCCNC2)cs1. The molecule has 1 aromatic rings. The molecule has 1 aliphatic heterocycles. The van der Waals surface area contributed by atoms with Crippen LogP contribution in [0.4, 0.5) is 0 Å². The number of hydrogen-bond acceptors (Lipinski definition) is 6. The zero-order valence-corrected chi connectivity index (χ0v) is 12.4. The van der Waals surface area contributed by atoms with E-state index in [0.717, 1.165) is 37.4 Å². The van der Waals surface area contributed by atoms with Crippen LogP contribution in [0.1, 0.15) is 23.5 Å². The number of aromatic nitrogens is 1. The van der Waals surface area contributed by atoms with Gasteiger partial charge in [-0.05, 0) is 25.6 Å². The highest BCUT2D eigenvalue weighted by Gasteiger charge is 2.28. The molecular weight excluding hydrogens is 266 g/mol. The summed E-state index contributed by atoms with van der Waals surface area (Å²) in [6.07, 6.45) is 4.01. The van der Waals surface area contributed by atoms with Gasteiger partial charge in [0.1, 0.15) is 5.01 Å². The first-order chi connectivity index (χ1) is 8.72. The Hall–Kier alpha value is -0.140. The van der Waals surface area contributed by atoms with Crippen LogP contribution < -0.4 is 10.6 Å². The van der Waals surface area contributed by atoms with E-state index in [-0.39, 0.29) is 0 Å². The van der Waals surface area contributed by atoms with Gasteiger partial charge in [-0.25, -0.2) is 4.98 Å². The Morgan fingerprint density at radius 2 is 2.56 bits per heavy atom. The van der Waals surface area contributed by atoms with E-state index < -0.39 is 5.60 Å². The van der Waals surface area contributed by atoms with Gasteiger partial charge in [0.05, 0.1) is 11.3 Å². The lowest BCUT2D eigenvalue weighted by Crippen LogP contribution is -2.51. The van der Waals surface area contributed by atoms with Gasteiger partial charge in [-0.15, -0.1) is 11.3 Å². The number of nitrogens with zero attached hydrogens (tertiary/aromatic N) is 1. The van der Waals surface area contributed by atoms with Crippen molar-refractivity contribution in [3.63, 3.8) is 0 Å². The summed E-state index contributed by atoms with van der Waals surface area (Å²) < 4.78 is 0. The molecule has 1 saturated heterocycles. The summed E-state index contributed by atoms with van der Waals surface area (Å²) in [5, 5.41) is 20.1. The zero-order valence-electron chi connectivity index (χ0n) is 10.7. The molecule has 0 aromatic carbocycles. The maximum Gasteiger partial charge on any atom is 0.103 e. The highest BCUT2D eigenvalue weighted by Crippen LogP contribution is 2.16. The van der Waals surface area contributed by atoms with E-state index in [2.05, 4.69) is 27.3 Å². The Morgan fingerprint density at radius 3 is 3.28 bits per heavy atom. The summed E-state index contributed by atoms with van der Waals surface area (Å²) in [4.78, 5) is 4.54. The number of thiazole rings is 1. The van der Waals surface area contributed by atoms with Crippen LogP contribution in [0.15, 0.2) is 5.38 Å². The van der Waals surface area contributed by atoms with E-state index in [4.69, 9.17) is 0 Å². The summed E-state index contributed by atoms with van der Waals surface area (Å²) in [6.45, 7) is 3.09. The van der Waals surface area contributed by atoms with Crippen molar-refractivity contribution in [3.05, 3.63) is 16.1 Å². The zero-order chi connectivity index (χ0) is 12.8. The smallest absolute Gasteiger partial charge is 0.103 e. The summed E-state index contributed by atoms with van der Waals surface area (Å²) in [5.41, 5.74) is 0.493. The number of aliphatic hydroxyl groups is 1. The maximum absolute atomic E-state index is 10.3. The van der Waals surface area contributed by atoms with Crippen molar-refractivity contribution in [2.75, 3.05) is 25.9 Å². The molecule has 1 aliphatic rings. The molecule has 0 bridgehead atoms. The second kappa shape index (κ2) is 6.86. The number of β-amino-alcohol motifs (C(OH)–C–C–N with tert-alkyl or cyclic N) is 1. The summed E-state index contributed by atoms with van der Waals surface area (Å²) in [7, 11) is 0. The predicted octanol–water partition coefficient (Wildman–Crippen LogP) is 1.21. The lowest BCUT2D eigenvalue weighted by Gasteiger charge is -2.32. The first kappa shape index (κ1) is 14.3. The van der Waals surface area contributed by atoms with Crippen LogP contribution in [0.2, 0.25) is 0 Å². The minimum absolute atomic E-state index is 0.587. The number of rotatable bonds is 6. The molecule has 0 spiro atoms. The molecule has 2 heterocycles.